The van der Waals surface area contributed by atoms with Gasteiger partial charge in [-0.3, -0.25) is 0 Å². The SMILES string of the molecule is CCN(CC)CC.CCN(CC)CC.CCN(CC)CC.P. The summed E-state index contributed by atoms with van der Waals surface area (Å²) < 4.78 is 0. The molecular weight excluding hydrogens is 289 g/mol. The van der Waals surface area contributed by atoms with E-state index in [0.717, 1.165) is 0 Å². The maximum Gasteiger partial charge on any atom is -0.00474 e. The van der Waals surface area contributed by atoms with Crippen LogP contribution in [0.4, 0.5) is 0 Å². The Bertz CT molecular complexity index is 111. The van der Waals surface area contributed by atoms with Crippen LogP contribution in [0.1, 0.15) is 62.3 Å². The van der Waals surface area contributed by atoms with Crippen molar-refractivity contribution in [2.24, 2.45) is 0 Å². The minimum Gasteiger partial charge on any atom is -0.304 e. The summed E-state index contributed by atoms with van der Waals surface area (Å²) in [6, 6.07) is 0. The number of rotatable bonds is 9. The average molecular weight is 338 g/mol. The molecule has 0 spiro atoms. The number of nitrogens with zero attached hydrogens (tertiary/aromatic N) is 3. The van der Waals surface area contributed by atoms with Crippen LogP contribution < -0.4 is 0 Å². The summed E-state index contributed by atoms with van der Waals surface area (Å²) in [6.45, 7) is 30.4. The van der Waals surface area contributed by atoms with Crippen molar-refractivity contribution in [2.75, 3.05) is 58.9 Å². The predicted molar refractivity (Wildman–Crippen MR) is 111 cm³/mol. The van der Waals surface area contributed by atoms with E-state index in [1.807, 2.05) is 0 Å². The molecule has 0 aromatic carbocycles. The molecule has 3 nitrogen and oxygen atoms in total. The van der Waals surface area contributed by atoms with Gasteiger partial charge in [-0.05, 0) is 58.9 Å². The summed E-state index contributed by atoms with van der Waals surface area (Å²) in [5.41, 5.74) is 0. The number of hydrogen-bond acceptors (Lipinski definition) is 3. The fraction of sp³-hybridized carbons (Fsp3) is 1.00. The molecule has 0 saturated heterocycles. The van der Waals surface area contributed by atoms with Gasteiger partial charge in [0, 0.05) is 0 Å². The van der Waals surface area contributed by atoms with Crippen molar-refractivity contribution in [3.63, 3.8) is 0 Å². The van der Waals surface area contributed by atoms with Gasteiger partial charge in [-0.1, -0.05) is 62.3 Å². The van der Waals surface area contributed by atoms with Gasteiger partial charge in [-0.2, -0.15) is 9.90 Å². The Hall–Kier alpha value is 0.310. The van der Waals surface area contributed by atoms with Crippen LogP contribution in [0.3, 0.4) is 0 Å². The molecule has 22 heavy (non-hydrogen) atoms. The third-order valence-electron chi connectivity index (χ3n) is 4.02. The van der Waals surface area contributed by atoms with Crippen molar-refractivity contribution in [1.82, 2.24) is 14.7 Å². The Morgan fingerprint density at radius 3 is 0.409 bits per heavy atom. The highest BCUT2D eigenvalue weighted by Gasteiger charge is 1.90. The molecule has 0 aromatic heterocycles. The lowest BCUT2D eigenvalue weighted by atomic mass is 10.5. The van der Waals surface area contributed by atoms with Gasteiger partial charge < -0.3 is 14.7 Å². The van der Waals surface area contributed by atoms with Crippen molar-refractivity contribution < 1.29 is 0 Å². The summed E-state index contributed by atoms with van der Waals surface area (Å²) >= 11 is 0. The average Bonchev–Trinajstić information content (AvgIpc) is 2.54. The van der Waals surface area contributed by atoms with E-state index in [4.69, 9.17) is 0 Å². The summed E-state index contributed by atoms with van der Waals surface area (Å²) in [4.78, 5) is 7.12. The van der Waals surface area contributed by atoms with Crippen LogP contribution in [0, 0.1) is 0 Å². The smallest absolute Gasteiger partial charge is 0.00474 e. The van der Waals surface area contributed by atoms with Crippen LogP contribution in [0.5, 0.6) is 0 Å². The molecule has 0 aromatic rings. The van der Waals surface area contributed by atoms with Gasteiger partial charge >= 0.3 is 0 Å². The molecule has 0 amide bonds. The van der Waals surface area contributed by atoms with Gasteiger partial charge in [0.2, 0.25) is 0 Å². The Labute approximate surface area is 146 Å². The Kier molecular flexibility index (Phi) is 36.0. The fourth-order valence-corrected chi connectivity index (χ4v) is 2.01. The second kappa shape index (κ2) is 26.2. The van der Waals surface area contributed by atoms with Crippen molar-refractivity contribution in [3.8, 4) is 0 Å². The molecule has 0 N–H and O–H groups in total. The molecule has 140 valence electrons. The van der Waals surface area contributed by atoms with Crippen LogP contribution in [-0.4, -0.2) is 73.6 Å². The third-order valence-corrected chi connectivity index (χ3v) is 4.02. The lowest BCUT2D eigenvalue weighted by Crippen LogP contribution is -2.21. The zero-order chi connectivity index (χ0) is 17.1. The van der Waals surface area contributed by atoms with Crippen molar-refractivity contribution in [2.45, 2.75) is 62.3 Å². The van der Waals surface area contributed by atoms with E-state index < -0.39 is 0 Å². The lowest BCUT2D eigenvalue weighted by Gasteiger charge is -2.13. The Morgan fingerprint density at radius 2 is 0.409 bits per heavy atom. The zero-order valence-electron chi connectivity index (χ0n) is 17.4. The minimum absolute atomic E-state index is 0. The molecule has 1 unspecified atom stereocenters. The highest BCUT2D eigenvalue weighted by Crippen LogP contribution is 1.82. The van der Waals surface area contributed by atoms with Crippen LogP contribution in [0.25, 0.3) is 0 Å². The minimum atomic E-state index is 0. The van der Waals surface area contributed by atoms with Crippen molar-refractivity contribution >= 4 is 9.90 Å². The fourth-order valence-electron chi connectivity index (χ4n) is 2.01. The lowest BCUT2D eigenvalue weighted by molar-refractivity contribution is 0.321. The van der Waals surface area contributed by atoms with E-state index in [-0.39, 0.29) is 9.90 Å². The quantitative estimate of drug-likeness (QED) is 0.586. The number of hydrogen-bond donors (Lipinski definition) is 0. The summed E-state index contributed by atoms with van der Waals surface area (Å²) in [6.07, 6.45) is 0. The van der Waals surface area contributed by atoms with Gasteiger partial charge in [0.05, 0.1) is 0 Å². The zero-order valence-corrected chi connectivity index (χ0v) is 18.8. The Morgan fingerprint density at radius 1 is 0.318 bits per heavy atom. The first kappa shape index (κ1) is 30.2. The normalized spacial score (nSPS) is 9.82. The predicted octanol–water partition coefficient (Wildman–Crippen LogP) is 4.10. The molecule has 0 aliphatic rings. The van der Waals surface area contributed by atoms with Gasteiger partial charge in [-0.25, -0.2) is 0 Å². The van der Waals surface area contributed by atoms with E-state index in [2.05, 4.69) is 77.0 Å². The topological polar surface area (TPSA) is 9.72 Å². The largest absolute Gasteiger partial charge is 0.304 e. The summed E-state index contributed by atoms with van der Waals surface area (Å²) in [5, 5.41) is 0. The second-order valence-corrected chi connectivity index (χ2v) is 4.86. The molecule has 0 aliphatic heterocycles. The molecule has 0 bridgehead atoms. The monoisotopic (exact) mass is 337 g/mol. The first-order valence-corrected chi connectivity index (χ1v) is 9.21. The second-order valence-electron chi connectivity index (χ2n) is 4.86. The molecule has 0 rings (SSSR count). The third kappa shape index (κ3) is 22.6. The van der Waals surface area contributed by atoms with Gasteiger partial charge in [0.1, 0.15) is 0 Å². The highest BCUT2D eigenvalue weighted by atomic mass is 31.0. The van der Waals surface area contributed by atoms with Gasteiger partial charge in [0.15, 0.2) is 0 Å². The van der Waals surface area contributed by atoms with Crippen LogP contribution in [-0.2, 0) is 0 Å². The standard InChI is InChI=1S/3C6H15N.H3P/c3*1-4-7(5-2)6-3;/h3*4-6H2,1-3H3;1H3. The van der Waals surface area contributed by atoms with E-state index in [0.29, 0.717) is 0 Å². The summed E-state index contributed by atoms with van der Waals surface area (Å²) in [7, 11) is 0. The maximum absolute atomic E-state index is 2.38. The van der Waals surface area contributed by atoms with E-state index in [1.165, 1.54) is 58.9 Å². The molecule has 0 fully saturated rings. The van der Waals surface area contributed by atoms with Crippen LogP contribution >= 0.6 is 9.90 Å². The molecule has 0 radical (unpaired) electrons. The summed E-state index contributed by atoms with van der Waals surface area (Å²) in [5.74, 6) is 0. The molecular formula is C18H48N3P. The molecule has 4 heteroatoms. The van der Waals surface area contributed by atoms with Crippen molar-refractivity contribution in [3.05, 3.63) is 0 Å². The van der Waals surface area contributed by atoms with Gasteiger partial charge in [-0.15, -0.1) is 0 Å². The first-order chi connectivity index (χ1) is 10.0. The van der Waals surface area contributed by atoms with E-state index >= 15 is 0 Å². The first-order valence-electron chi connectivity index (χ1n) is 9.21. The van der Waals surface area contributed by atoms with Crippen LogP contribution in [0.15, 0.2) is 0 Å². The van der Waals surface area contributed by atoms with Gasteiger partial charge in [0.25, 0.3) is 0 Å². The molecule has 0 aliphatic carbocycles. The molecule has 0 heterocycles. The van der Waals surface area contributed by atoms with Crippen molar-refractivity contribution in [1.29, 1.82) is 0 Å². The highest BCUT2D eigenvalue weighted by molar-refractivity contribution is 6.92. The Balaban J connectivity index is -0.000000108. The van der Waals surface area contributed by atoms with E-state index in [9.17, 15) is 0 Å². The molecule has 0 saturated carbocycles. The van der Waals surface area contributed by atoms with Crippen LogP contribution in [0.2, 0.25) is 0 Å². The maximum atomic E-state index is 2.38. The van der Waals surface area contributed by atoms with E-state index in [1.54, 1.807) is 0 Å². The molecule has 1 atom stereocenters.